The molecule has 1 saturated heterocycles. The molecule has 0 radical (unpaired) electrons. The van der Waals surface area contributed by atoms with Gasteiger partial charge in [-0.25, -0.2) is 0 Å². The molecule has 1 fully saturated rings. The van der Waals surface area contributed by atoms with Crippen molar-refractivity contribution in [2.75, 3.05) is 0 Å². The number of carbonyl (C=O) groups excluding carboxylic acids is 2. The molecule has 116 valence electrons. The van der Waals surface area contributed by atoms with E-state index in [1.165, 1.54) is 0 Å². The van der Waals surface area contributed by atoms with Crippen LogP contribution in [0.2, 0.25) is 13.1 Å². The lowest BCUT2D eigenvalue weighted by molar-refractivity contribution is -0.162. The molecular weight excluding hydrogens is 294 g/mol. The third-order valence-corrected chi connectivity index (χ3v) is 5.72. The molecule has 6 heteroatoms. The SMILES string of the molecule is C[C@@H](C(=O)Cl)[C@H]1NC(=O)[C@@H]1[C@@](C)(O[SiH](C)C)C(C)(C)C. The summed E-state index contributed by atoms with van der Waals surface area (Å²) in [4.78, 5) is 23.5. The van der Waals surface area contributed by atoms with Crippen molar-refractivity contribution in [2.24, 2.45) is 17.3 Å². The second-order valence-corrected chi connectivity index (χ2v) is 9.83. The van der Waals surface area contributed by atoms with E-state index in [2.05, 4.69) is 39.2 Å². The fourth-order valence-corrected chi connectivity index (χ4v) is 4.37. The van der Waals surface area contributed by atoms with Crippen LogP contribution in [-0.2, 0) is 14.0 Å². The highest BCUT2D eigenvalue weighted by atomic mass is 35.5. The lowest BCUT2D eigenvalue weighted by Gasteiger charge is -2.55. The third-order valence-electron chi connectivity index (χ3n) is 4.41. The van der Waals surface area contributed by atoms with E-state index < -0.39 is 25.8 Å². The summed E-state index contributed by atoms with van der Waals surface area (Å²) in [6, 6.07) is -0.246. The van der Waals surface area contributed by atoms with Crippen molar-refractivity contribution in [3.05, 3.63) is 0 Å². The maximum atomic E-state index is 12.1. The van der Waals surface area contributed by atoms with E-state index >= 15 is 0 Å². The third kappa shape index (κ3) is 3.10. The molecular formula is C14H26ClNO3Si. The van der Waals surface area contributed by atoms with Crippen LogP contribution in [0, 0.1) is 17.3 Å². The van der Waals surface area contributed by atoms with E-state index in [0.717, 1.165) is 0 Å². The van der Waals surface area contributed by atoms with Crippen LogP contribution in [0.25, 0.3) is 0 Å². The fraction of sp³-hybridized carbons (Fsp3) is 0.857. The van der Waals surface area contributed by atoms with Crippen LogP contribution in [0.15, 0.2) is 0 Å². The standard InChI is InChI=1S/C14H26ClNO3Si/c1-8(11(15)17)10-9(12(18)16-10)14(5,13(2,3)4)19-20(6)7/h8-10,20H,1-7H3,(H,16,18)/t8-,9-,10-,14-/m1/s1. The lowest BCUT2D eigenvalue weighted by atomic mass is 9.62. The Morgan fingerprint density at radius 1 is 1.35 bits per heavy atom. The predicted octanol–water partition coefficient (Wildman–Crippen LogP) is 2.31. The van der Waals surface area contributed by atoms with Gasteiger partial charge in [-0.1, -0.05) is 27.7 Å². The number of nitrogens with one attached hydrogen (secondary N) is 1. The van der Waals surface area contributed by atoms with Gasteiger partial charge in [-0.3, -0.25) is 9.59 Å². The highest BCUT2D eigenvalue weighted by Crippen LogP contribution is 2.46. The number of halogens is 1. The highest BCUT2D eigenvalue weighted by molar-refractivity contribution is 6.64. The molecule has 1 heterocycles. The second kappa shape index (κ2) is 5.77. The van der Waals surface area contributed by atoms with Gasteiger partial charge < -0.3 is 9.74 Å². The van der Waals surface area contributed by atoms with Crippen LogP contribution >= 0.6 is 11.6 Å². The lowest BCUT2D eigenvalue weighted by Crippen LogP contribution is -2.72. The van der Waals surface area contributed by atoms with Gasteiger partial charge >= 0.3 is 0 Å². The number of carbonyl (C=O) groups is 2. The Morgan fingerprint density at radius 2 is 1.85 bits per heavy atom. The van der Waals surface area contributed by atoms with E-state index in [1.54, 1.807) is 6.92 Å². The molecule has 0 spiro atoms. The molecule has 1 amide bonds. The molecule has 1 aliphatic heterocycles. The van der Waals surface area contributed by atoms with Gasteiger partial charge in [-0.15, -0.1) is 0 Å². The first kappa shape index (κ1) is 17.7. The molecule has 1 aliphatic rings. The van der Waals surface area contributed by atoms with Crippen molar-refractivity contribution < 1.29 is 14.0 Å². The molecule has 0 bridgehead atoms. The number of β-lactam (4-membered cyclic amide) rings is 1. The van der Waals surface area contributed by atoms with Crippen molar-refractivity contribution in [1.29, 1.82) is 0 Å². The summed E-state index contributed by atoms with van der Waals surface area (Å²) in [7, 11) is -1.34. The Bertz CT molecular complexity index is 408. The molecule has 0 aliphatic carbocycles. The van der Waals surface area contributed by atoms with E-state index in [1.807, 2.05) is 6.92 Å². The summed E-state index contributed by atoms with van der Waals surface area (Å²) in [6.45, 7) is 14.1. The van der Waals surface area contributed by atoms with Gasteiger partial charge in [0.1, 0.15) is 0 Å². The molecule has 0 unspecified atom stereocenters. The Hall–Kier alpha value is -0.393. The zero-order valence-electron chi connectivity index (χ0n) is 13.4. The predicted molar refractivity (Wildman–Crippen MR) is 83.3 cm³/mol. The van der Waals surface area contributed by atoms with Crippen molar-refractivity contribution in [2.45, 2.75) is 59.4 Å². The normalized spacial score (nSPS) is 27.6. The number of amides is 1. The summed E-state index contributed by atoms with van der Waals surface area (Å²) in [6.07, 6.45) is 0. The van der Waals surface area contributed by atoms with Gasteiger partial charge in [0.15, 0.2) is 9.04 Å². The average Bonchev–Trinajstić information content (AvgIpc) is 2.21. The van der Waals surface area contributed by atoms with Crippen LogP contribution in [-0.4, -0.2) is 31.8 Å². The Labute approximate surface area is 128 Å². The first-order chi connectivity index (χ1) is 8.91. The monoisotopic (exact) mass is 319 g/mol. The number of rotatable bonds is 5. The minimum atomic E-state index is -1.34. The molecule has 1 rings (SSSR count). The van der Waals surface area contributed by atoms with Gasteiger partial charge in [-0.05, 0) is 37.0 Å². The van der Waals surface area contributed by atoms with Gasteiger partial charge in [0.2, 0.25) is 11.1 Å². The molecule has 20 heavy (non-hydrogen) atoms. The van der Waals surface area contributed by atoms with Crippen molar-refractivity contribution in [3.63, 3.8) is 0 Å². The number of hydrogen-bond acceptors (Lipinski definition) is 3. The molecule has 1 N–H and O–H groups in total. The maximum absolute atomic E-state index is 12.1. The van der Waals surface area contributed by atoms with Crippen molar-refractivity contribution >= 4 is 31.8 Å². The molecule has 4 nitrogen and oxygen atoms in total. The molecule has 0 aromatic carbocycles. The molecule has 0 saturated carbocycles. The molecule has 0 aromatic rings. The maximum Gasteiger partial charge on any atom is 0.228 e. The quantitative estimate of drug-likeness (QED) is 0.480. The Kier molecular flexibility index (Phi) is 5.10. The van der Waals surface area contributed by atoms with Gasteiger partial charge in [0.05, 0.1) is 23.5 Å². The number of hydrogen-bond donors (Lipinski definition) is 1. The first-order valence-corrected chi connectivity index (χ1v) is 10.2. The van der Waals surface area contributed by atoms with Gasteiger partial charge in [0.25, 0.3) is 0 Å². The first-order valence-electron chi connectivity index (χ1n) is 7.09. The van der Waals surface area contributed by atoms with Crippen LogP contribution in [0.1, 0.15) is 34.6 Å². The second-order valence-electron chi connectivity index (χ2n) is 7.13. The highest BCUT2D eigenvalue weighted by Gasteiger charge is 2.58. The molecule has 4 atom stereocenters. The largest absolute Gasteiger partial charge is 0.414 e. The smallest absolute Gasteiger partial charge is 0.228 e. The van der Waals surface area contributed by atoms with Crippen molar-refractivity contribution in [3.8, 4) is 0 Å². The minimum absolute atomic E-state index is 0.0492. The zero-order valence-corrected chi connectivity index (χ0v) is 15.3. The summed E-state index contributed by atoms with van der Waals surface area (Å²) in [5.41, 5.74) is -0.805. The fourth-order valence-electron chi connectivity index (χ4n) is 2.76. The summed E-state index contributed by atoms with van der Waals surface area (Å²) in [5.74, 6) is -0.791. The summed E-state index contributed by atoms with van der Waals surface area (Å²) in [5, 5.41) is 2.40. The van der Waals surface area contributed by atoms with Gasteiger partial charge in [0, 0.05) is 0 Å². The van der Waals surface area contributed by atoms with Crippen LogP contribution in [0.5, 0.6) is 0 Å². The topological polar surface area (TPSA) is 55.4 Å². The van der Waals surface area contributed by atoms with Crippen LogP contribution in [0.3, 0.4) is 0 Å². The molecule has 0 aromatic heterocycles. The van der Waals surface area contributed by atoms with Gasteiger partial charge in [-0.2, -0.15) is 0 Å². The Morgan fingerprint density at radius 3 is 2.15 bits per heavy atom. The van der Waals surface area contributed by atoms with Crippen LogP contribution in [0.4, 0.5) is 0 Å². The minimum Gasteiger partial charge on any atom is -0.414 e. The zero-order chi connectivity index (χ0) is 15.9. The summed E-state index contributed by atoms with van der Waals surface area (Å²) < 4.78 is 6.26. The van der Waals surface area contributed by atoms with Crippen LogP contribution < -0.4 is 5.32 Å². The average molecular weight is 320 g/mol. The van der Waals surface area contributed by atoms with E-state index in [4.69, 9.17) is 16.0 Å². The van der Waals surface area contributed by atoms with Crippen molar-refractivity contribution in [1.82, 2.24) is 5.32 Å². The van der Waals surface area contributed by atoms with E-state index in [0.29, 0.717) is 0 Å². The van der Waals surface area contributed by atoms with E-state index in [9.17, 15) is 9.59 Å². The summed E-state index contributed by atoms with van der Waals surface area (Å²) >= 11 is 5.60. The van der Waals surface area contributed by atoms with E-state index in [-0.39, 0.29) is 23.3 Å². The Balaban J connectivity index is 3.13.